The van der Waals surface area contributed by atoms with Gasteiger partial charge in [-0.15, -0.1) is 0 Å². The van der Waals surface area contributed by atoms with Gasteiger partial charge in [-0.25, -0.2) is 0 Å². The fourth-order valence-corrected chi connectivity index (χ4v) is 3.00. The molecule has 1 aromatic heterocycles. The molecule has 0 saturated carbocycles. The number of likely N-dealkylation sites (tertiary alicyclic amines) is 1. The molecule has 0 aliphatic carbocycles. The van der Waals surface area contributed by atoms with Crippen molar-refractivity contribution in [2.75, 3.05) is 19.7 Å². The van der Waals surface area contributed by atoms with Crippen molar-refractivity contribution in [2.24, 2.45) is 5.92 Å². The molecule has 2 aromatic rings. The zero-order chi connectivity index (χ0) is 16.9. The van der Waals surface area contributed by atoms with E-state index in [1.165, 1.54) is 0 Å². The summed E-state index contributed by atoms with van der Waals surface area (Å²) in [5.41, 5.74) is 0.859. The molecule has 7 heteroatoms. The lowest BCUT2D eigenvalue weighted by molar-refractivity contribution is -0.150. The van der Waals surface area contributed by atoms with E-state index in [9.17, 15) is 4.79 Å². The SMILES string of the molecule is CCOC(=O)[C@H]1CCCN(Cc2nc(-c3ccc(Cl)cc3)no2)C1. The first-order chi connectivity index (χ1) is 11.7. The maximum absolute atomic E-state index is 11.9. The van der Waals surface area contributed by atoms with Crippen LogP contribution in [0.1, 0.15) is 25.7 Å². The molecule has 0 radical (unpaired) electrons. The van der Waals surface area contributed by atoms with Gasteiger partial charge in [0.25, 0.3) is 0 Å². The molecule has 6 nitrogen and oxygen atoms in total. The van der Waals surface area contributed by atoms with Gasteiger partial charge in [0.1, 0.15) is 0 Å². The molecule has 1 aliphatic rings. The van der Waals surface area contributed by atoms with E-state index in [2.05, 4.69) is 15.0 Å². The average Bonchev–Trinajstić information content (AvgIpc) is 3.04. The smallest absolute Gasteiger partial charge is 0.310 e. The summed E-state index contributed by atoms with van der Waals surface area (Å²) in [6, 6.07) is 7.30. The Morgan fingerprint density at radius 3 is 2.96 bits per heavy atom. The number of carbonyl (C=O) groups excluding carboxylic acids is 1. The van der Waals surface area contributed by atoms with Crippen LogP contribution in [0.3, 0.4) is 0 Å². The Hall–Kier alpha value is -1.92. The second kappa shape index (κ2) is 7.77. The lowest BCUT2D eigenvalue weighted by atomic mass is 9.98. The second-order valence-corrected chi connectivity index (χ2v) is 6.28. The Labute approximate surface area is 145 Å². The quantitative estimate of drug-likeness (QED) is 0.772. The highest BCUT2D eigenvalue weighted by atomic mass is 35.5. The summed E-state index contributed by atoms with van der Waals surface area (Å²) in [6.45, 7) is 4.36. The molecule has 128 valence electrons. The summed E-state index contributed by atoms with van der Waals surface area (Å²) < 4.78 is 10.5. The number of hydrogen-bond donors (Lipinski definition) is 0. The van der Waals surface area contributed by atoms with E-state index in [1.54, 1.807) is 12.1 Å². The van der Waals surface area contributed by atoms with Crippen molar-refractivity contribution in [2.45, 2.75) is 26.3 Å². The van der Waals surface area contributed by atoms with Crippen LogP contribution in [0.5, 0.6) is 0 Å². The van der Waals surface area contributed by atoms with Gasteiger partial charge in [-0.05, 0) is 50.6 Å². The average molecular weight is 350 g/mol. The first kappa shape index (κ1) is 16.9. The van der Waals surface area contributed by atoms with E-state index in [-0.39, 0.29) is 11.9 Å². The van der Waals surface area contributed by atoms with Crippen LogP contribution in [0.2, 0.25) is 5.02 Å². The molecule has 0 N–H and O–H groups in total. The summed E-state index contributed by atoms with van der Waals surface area (Å²) >= 11 is 5.89. The van der Waals surface area contributed by atoms with Crippen molar-refractivity contribution < 1.29 is 14.1 Å². The lowest BCUT2D eigenvalue weighted by Crippen LogP contribution is -2.39. The van der Waals surface area contributed by atoms with E-state index in [0.29, 0.717) is 36.4 Å². The van der Waals surface area contributed by atoms with Crippen LogP contribution in [-0.4, -0.2) is 40.7 Å². The van der Waals surface area contributed by atoms with Crippen molar-refractivity contribution >= 4 is 17.6 Å². The molecule has 24 heavy (non-hydrogen) atoms. The van der Waals surface area contributed by atoms with E-state index in [1.807, 2.05) is 19.1 Å². The fraction of sp³-hybridized carbons (Fsp3) is 0.471. The van der Waals surface area contributed by atoms with Crippen LogP contribution >= 0.6 is 11.6 Å². The predicted molar refractivity (Wildman–Crippen MR) is 89.4 cm³/mol. The monoisotopic (exact) mass is 349 g/mol. The minimum Gasteiger partial charge on any atom is -0.466 e. The Morgan fingerprint density at radius 2 is 2.21 bits per heavy atom. The number of esters is 1. The fourth-order valence-electron chi connectivity index (χ4n) is 2.88. The molecule has 2 heterocycles. The molecular formula is C17H20ClN3O3. The van der Waals surface area contributed by atoms with Crippen LogP contribution in [0.25, 0.3) is 11.4 Å². The highest BCUT2D eigenvalue weighted by Crippen LogP contribution is 2.22. The third-order valence-electron chi connectivity index (χ3n) is 4.05. The molecular weight excluding hydrogens is 330 g/mol. The third-order valence-corrected chi connectivity index (χ3v) is 4.31. The predicted octanol–water partition coefficient (Wildman–Crippen LogP) is 3.17. The van der Waals surface area contributed by atoms with E-state index in [0.717, 1.165) is 24.9 Å². The first-order valence-corrected chi connectivity index (χ1v) is 8.51. The van der Waals surface area contributed by atoms with Crippen LogP contribution in [0.15, 0.2) is 28.8 Å². The molecule has 3 rings (SSSR count). The highest BCUT2D eigenvalue weighted by molar-refractivity contribution is 6.30. The highest BCUT2D eigenvalue weighted by Gasteiger charge is 2.27. The van der Waals surface area contributed by atoms with E-state index in [4.69, 9.17) is 20.9 Å². The number of ether oxygens (including phenoxy) is 1. The molecule has 0 spiro atoms. The zero-order valence-corrected chi connectivity index (χ0v) is 14.3. The van der Waals surface area contributed by atoms with Gasteiger partial charge >= 0.3 is 5.97 Å². The molecule has 1 atom stereocenters. The largest absolute Gasteiger partial charge is 0.466 e. The van der Waals surface area contributed by atoms with Crippen LogP contribution < -0.4 is 0 Å². The van der Waals surface area contributed by atoms with Crippen LogP contribution in [0, 0.1) is 5.92 Å². The van der Waals surface area contributed by atoms with Crippen molar-refractivity contribution in [1.29, 1.82) is 0 Å². The van der Waals surface area contributed by atoms with Gasteiger partial charge < -0.3 is 9.26 Å². The molecule has 1 fully saturated rings. The second-order valence-electron chi connectivity index (χ2n) is 5.84. The van der Waals surface area contributed by atoms with Crippen molar-refractivity contribution in [3.8, 4) is 11.4 Å². The topological polar surface area (TPSA) is 68.5 Å². The summed E-state index contributed by atoms with van der Waals surface area (Å²) in [7, 11) is 0. The van der Waals surface area contributed by atoms with Crippen molar-refractivity contribution in [3.05, 3.63) is 35.2 Å². The number of nitrogens with zero attached hydrogens (tertiary/aromatic N) is 3. The van der Waals surface area contributed by atoms with Crippen molar-refractivity contribution in [3.63, 3.8) is 0 Å². The summed E-state index contributed by atoms with van der Waals surface area (Å²) in [5, 5.41) is 4.69. The van der Waals surface area contributed by atoms with Crippen LogP contribution in [-0.2, 0) is 16.1 Å². The standard InChI is InChI=1S/C17H20ClN3O3/c1-2-23-17(22)13-4-3-9-21(10-13)11-15-19-16(20-24-15)12-5-7-14(18)8-6-12/h5-8,13H,2-4,9-11H2,1H3/t13-/m0/s1. The Bertz CT molecular complexity index is 687. The Kier molecular flexibility index (Phi) is 5.48. The number of halogens is 1. The zero-order valence-electron chi connectivity index (χ0n) is 13.6. The Balaban J connectivity index is 1.62. The molecule has 1 aliphatic heterocycles. The molecule has 1 saturated heterocycles. The number of aromatic nitrogens is 2. The van der Waals surface area contributed by atoms with Gasteiger partial charge in [-0.3, -0.25) is 9.69 Å². The maximum Gasteiger partial charge on any atom is 0.310 e. The lowest BCUT2D eigenvalue weighted by Gasteiger charge is -2.30. The van der Waals surface area contributed by atoms with E-state index >= 15 is 0 Å². The summed E-state index contributed by atoms with van der Waals surface area (Å²) in [5.74, 6) is 0.900. The molecule has 0 amide bonds. The maximum atomic E-state index is 11.9. The number of rotatable bonds is 5. The van der Waals surface area contributed by atoms with Gasteiger partial charge in [0.05, 0.1) is 19.1 Å². The first-order valence-electron chi connectivity index (χ1n) is 8.13. The molecule has 0 bridgehead atoms. The number of piperidine rings is 1. The van der Waals surface area contributed by atoms with Crippen molar-refractivity contribution in [1.82, 2.24) is 15.0 Å². The number of benzene rings is 1. The van der Waals surface area contributed by atoms with Gasteiger partial charge in [0.15, 0.2) is 0 Å². The summed E-state index contributed by atoms with van der Waals surface area (Å²) in [4.78, 5) is 18.5. The Morgan fingerprint density at radius 1 is 1.42 bits per heavy atom. The van der Waals surface area contributed by atoms with Gasteiger partial charge in [0, 0.05) is 17.1 Å². The third kappa shape index (κ3) is 4.13. The molecule has 0 unspecified atom stereocenters. The minimum absolute atomic E-state index is 0.0719. The number of hydrogen-bond acceptors (Lipinski definition) is 6. The van der Waals surface area contributed by atoms with E-state index < -0.39 is 0 Å². The van der Waals surface area contributed by atoms with Gasteiger partial charge in [-0.1, -0.05) is 16.8 Å². The molecule has 1 aromatic carbocycles. The number of carbonyl (C=O) groups is 1. The summed E-state index contributed by atoms with van der Waals surface area (Å²) in [6.07, 6.45) is 1.83. The normalized spacial score (nSPS) is 18.5. The minimum atomic E-state index is -0.116. The van der Waals surface area contributed by atoms with Gasteiger partial charge in [-0.2, -0.15) is 4.98 Å². The van der Waals surface area contributed by atoms with Gasteiger partial charge in [0.2, 0.25) is 11.7 Å². The van der Waals surface area contributed by atoms with Crippen LogP contribution in [0.4, 0.5) is 0 Å².